The van der Waals surface area contributed by atoms with Gasteiger partial charge in [0.25, 0.3) is 0 Å². The average molecular weight is 333 g/mol. The summed E-state index contributed by atoms with van der Waals surface area (Å²) in [7, 11) is 5.16. The number of hydrogen-bond acceptors (Lipinski definition) is 5. The molecule has 0 aliphatic carbocycles. The Kier molecular flexibility index (Phi) is 8.84. The summed E-state index contributed by atoms with van der Waals surface area (Å²) in [5, 5.41) is 8.92. The molecule has 6 nitrogen and oxygen atoms in total. The molecule has 1 aromatic rings. The summed E-state index contributed by atoms with van der Waals surface area (Å²) in [4.78, 5) is 16.6. The van der Waals surface area contributed by atoms with Crippen LogP contribution in [0.15, 0.2) is 24.3 Å². The first-order valence-electron chi connectivity index (χ1n) is 8.07. The molecule has 0 radical (unpaired) electrons. The summed E-state index contributed by atoms with van der Waals surface area (Å²) in [6.45, 7) is 3.64. The van der Waals surface area contributed by atoms with Gasteiger partial charge in [-0.15, -0.1) is 0 Å². The summed E-state index contributed by atoms with van der Waals surface area (Å²) in [5.41, 5.74) is 0.692. The summed E-state index contributed by atoms with van der Waals surface area (Å²) < 4.78 is 10.4. The largest absolute Gasteiger partial charge is 0.495 e. The van der Waals surface area contributed by atoms with Gasteiger partial charge in [0.1, 0.15) is 5.75 Å². The third-order valence-electron chi connectivity index (χ3n) is 3.97. The number of nitrogens with zero attached hydrogens (tertiary/aromatic N) is 3. The Morgan fingerprint density at radius 2 is 2.00 bits per heavy atom. The summed E-state index contributed by atoms with van der Waals surface area (Å²) >= 11 is 0. The third-order valence-corrected chi connectivity index (χ3v) is 3.97. The molecule has 0 aromatic heterocycles. The van der Waals surface area contributed by atoms with Gasteiger partial charge in [0.05, 0.1) is 31.3 Å². The number of likely N-dealkylation sites (N-methyl/N-ethyl adjacent to an activating group) is 1. The molecule has 132 valence electrons. The van der Waals surface area contributed by atoms with Gasteiger partial charge in [0.2, 0.25) is 5.91 Å². The van der Waals surface area contributed by atoms with Crippen molar-refractivity contribution in [3.63, 3.8) is 0 Å². The standard InChI is InChI=1S/C18H27N3O3/c1-15(20(2)12-8-14-23-3)18(22)21(13-7-11-19)16-9-5-6-10-17(16)24-4/h5-6,9-10,15H,7-8,12-14H2,1-4H3. The van der Waals surface area contributed by atoms with Crippen LogP contribution in [0.4, 0.5) is 5.69 Å². The lowest BCUT2D eigenvalue weighted by molar-refractivity contribution is -0.122. The van der Waals surface area contributed by atoms with E-state index in [2.05, 4.69) is 6.07 Å². The smallest absolute Gasteiger partial charge is 0.244 e. The van der Waals surface area contributed by atoms with Gasteiger partial charge in [0, 0.05) is 26.8 Å². The van der Waals surface area contributed by atoms with E-state index >= 15 is 0 Å². The van der Waals surface area contributed by atoms with Crippen LogP contribution >= 0.6 is 0 Å². The van der Waals surface area contributed by atoms with Gasteiger partial charge in [0.15, 0.2) is 0 Å². The van der Waals surface area contributed by atoms with Crippen LogP contribution in [-0.4, -0.2) is 57.8 Å². The van der Waals surface area contributed by atoms with Crippen LogP contribution in [-0.2, 0) is 9.53 Å². The first-order chi connectivity index (χ1) is 11.6. The van der Waals surface area contributed by atoms with Crippen molar-refractivity contribution in [2.75, 3.05) is 45.9 Å². The van der Waals surface area contributed by atoms with E-state index in [1.165, 1.54) is 0 Å². The van der Waals surface area contributed by atoms with Gasteiger partial charge in [-0.3, -0.25) is 9.69 Å². The third kappa shape index (κ3) is 5.52. The number of hydrogen-bond donors (Lipinski definition) is 0. The highest BCUT2D eigenvalue weighted by Gasteiger charge is 2.26. The Morgan fingerprint density at radius 3 is 2.62 bits per heavy atom. The Bertz CT molecular complexity index is 557. The summed E-state index contributed by atoms with van der Waals surface area (Å²) in [6.07, 6.45) is 1.13. The molecular formula is C18H27N3O3. The van der Waals surface area contributed by atoms with E-state index in [-0.39, 0.29) is 18.4 Å². The van der Waals surface area contributed by atoms with Crippen LogP contribution in [0.1, 0.15) is 19.8 Å². The molecule has 0 heterocycles. The second kappa shape index (κ2) is 10.6. The fourth-order valence-corrected chi connectivity index (χ4v) is 2.43. The first kappa shape index (κ1) is 19.9. The van der Waals surface area contributed by atoms with Crippen LogP contribution in [0, 0.1) is 11.3 Å². The van der Waals surface area contributed by atoms with Crippen molar-refractivity contribution in [3.8, 4) is 11.8 Å². The predicted octanol–water partition coefficient (Wildman–Crippen LogP) is 2.30. The van der Waals surface area contributed by atoms with Crippen molar-refractivity contribution in [3.05, 3.63) is 24.3 Å². The lowest BCUT2D eigenvalue weighted by Gasteiger charge is -2.31. The van der Waals surface area contributed by atoms with E-state index in [9.17, 15) is 4.79 Å². The van der Waals surface area contributed by atoms with E-state index in [0.717, 1.165) is 13.0 Å². The lowest BCUT2D eigenvalue weighted by atomic mass is 10.2. The molecule has 1 atom stereocenters. The number of anilines is 1. The van der Waals surface area contributed by atoms with Gasteiger partial charge >= 0.3 is 0 Å². The Balaban J connectivity index is 2.94. The highest BCUT2D eigenvalue weighted by molar-refractivity contribution is 5.98. The van der Waals surface area contributed by atoms with Crippen molar-refractivity contribution in [1.82, 2.24) is 4.90 Å². The number of amides is 1. The molecule has 0 N–H and O–H groups in total. The Morgan fingerprint density at radius 1 is 1.29 bits per heavy atom. The minimum atomic E-state index is -0.300. The summed E-state index contributed by atoms with van der Waals surface area (Å²) in [5.74, 6) is 0.577. The first-order valence-corrected chi connectivity index (χ1v) is 8.07. The normalized spacial score (nSPS) is 11.8. The van der Waals surface area contributed by atoms with Crippen LogP contribution in [0.2, 0.25) is 0 Å². The van der Waals surface area contributed by atoms with Gasteiger partial charge in [-0.25, -0.2) is 0 Å². The number of carbonyl (C=O) groups is 1. The SMILES string of the molecule is COCCCN(C)C(C)C(=O)N(CCC#N)c1ccccc1OC. The molecule has 1 rings (SSSR count). The number of methoxy groups -OCH3 is 2. The molecule has 0 aliphatic heterocycles. The second-order valence-electron chi connectivity index (χ2n) is 5.57. The fourth-order valence-electron chi connectivity index (χ4n) is 2.43. The number of para-hydroxylation sites is 2. The molecule has 1 amide bonds. The van der Waals surface area contributed by atoms with Crippen LogP contribution in [0.25, 0.3) is 0 Å². The minimum absolute atomic E-state index is 0.0466. The highest BCUT2D eigenvalue weighted by atomic mass is 16.5. The van der Waals surface area contributed by atoms with E-state index < -0.39 is 0 Å². The number of benzene rings is 1. The predicted molar refractivity (Wildman–Crippen MR) is 94.2 cm³/mol. The Hall–Kier alpha value is -2.10. The molecule has 0 bridgehead atoms. The van der Waals surface area contributed by atoms with Crippen LogP contribution in [0.5, 0.6) is 5.75 Å². The van der Waals surface area contributed by atoms with E-state index in [1.54, 1.807) is 19.1 Å². The van der Waals surface area contributed by atoms with Crippen molar-refractivity contribution in [2.45, 2.75) is 25.8 Å². The highest BCUT2D eigenvalue weighted by Crippen LogP contribution is 2.28. The van der Waals surface area contributed by atoms with Crippen molar-refractivity contribution in [2.24, 2.45) is 0 Å². The van der Waals surface area contributed by atoms with Gasteiger partial charge in [-0.1, -0.05) is 12.1 Å². The molecule has 0 aliphatic rings. The monoisotopic (exact) mass is 333 g/mol. The number of rotatable bonds is 10. The number of carbonyl (C=O) groups excluding carboxylic acids is 1. The maximum absolute atomic E-state index is 13.0. The number of ether oxygens (including phenoxy) is 2. The van der Waals surface area contributed by atoms with E-state index in [0.29, 0.717) is 24.6 Å². The molecule has 1 aromatic carbocycles. The quantitative estimate of drug-likeness (QED) is 0.615. The van der Waals surface area contributed by atoms with Crippen molar-refractivity contribution in [1.29, 1.82) is 5.26 Å². The fraction of sp³-hybridized carbons (Fsp3) is 0.556. The van der Waals surface area contributed by atoms with Gasteiger partial charge in [-0.2, -0.15) is 5.26 Å². The molecular weight excluding hydrogens is 306 g/mol. The lowest BCUT2D eigenvalue weighted by Crippen LogP contribution is -2.46. The van der Waals surface area contributed by atoms with Gasteiger partial charge in [-0.05, 0) is 32.5 Å². The molecule has 0 saturated carbocycles. The summed E-state index contributed by atoms with van der Waals surface area (Å²) in [6, 6.07) is 9.17. The van der Waals surface area contributed by atoms with Crippen molar-refractivity contribution >= 4 is 11.6 Å². The molecule has 0 spiro atoms. The number of nitriles is 1. The van der Waals surface area contributed by atoms with Crippen LogP contribution in [0.3, 0.4) is 0 Å². The van der Waals surface area contributed by atoms with Gasteiger partial charge < -0.3 is 14.4 Å². The van der Waals surface area contributed by atoms with Crippen LogP contribution < -0.4 is 9.64 Å². The molecule has 0 fully saturated rings. The zero-order valence-corrected chi connectivity index (χ0v) is 15.0. The van der Waals surface area contributed by atoms with E-state index in [4.69, 9.17) is 14.7 Å². The van der Waals surface area contributed by atoms with Crippen molar-refractivity contribution < 1.29 is 14.3 Å². The Labute approximate surface area is 144 Å². The maximum Gasteiger partial charge on any atom is 0.244 e. The topological polar surface area (TPSA) is 65.8 Å². The molecule has 0 saturated heterocycles. The van der Waals surface area contributed by atoms with E-state index in [1.807, 2.05) is 43.1 Å². The molecule has 1 unspecified atom stereocenters. The average Bonchev–Trinajstić information content (AvgIpc) is 2.61. The molecule has 24 heavy (non-hydrogen) atoms. The molecule has 6 heteroatoms. The second-order valence-corrected chi connectivity index (χ2v) is 5.57. The minimum Gasteiger partial charge on any atom is -0.495 e. The zero-order valence-electron chi connectivity index (χ0n) is 15.0. The zero-order chi connectivity index (χ0) is 17.9. The maximum atomic E-state index is 13.0.